The third-order valence-corrected chi connectivity index (χ3v) is 2.39. The lowest BCUT2D eigenvalue weighted by molar-refractivity contribution is 0.111. The SMILES string of the molecule is COCCC(C)Oc1ccc(Cl)cc1C=O. The molecule has 0 amide bonds. The second kappa shape index (κ2) is 6.51. The number of methoxy groups -OCH3 is 1. The minimum Gasteiger partial charge on any atom is -0.490 e. The number of hydrogen-bond donors (Lipinski definition) is 0. The van der Waals surface area contributed by atoms with Crippen molar-refractivity contribution in [2.45, 2.75) is 19.4 Å². The molecule has 88 valence electrons. The average molecular weight is 243 g/mol. The zero-order valence-corrected chi connectivity index (χ0v) is 10.2. The molecule has 0 heterocycles. The topological polar surface area (TPSA) is 35.5 Å². The van der Waals surface area contributed by atoms with Crippen LogP contribution in [0.3, 0.4) is 0 Å². The number of hydrogen-bond acceptors (Lipinski definition) is 3. The highest BCUT2D eigenvalue weighted by molar-refractivity contribution is 6.30. The van der Waals surface area contributed by atoms with Gasteiger partial charge in [0.2, 0.25) is 0 Å². The first-order valence-electron chi connectivity index (χ1n) is 5.07. The summed E-state index contributed by atoms with van der Waals surface area (Å²) in [6.07, 6.45) is 1.52. The summed E-state index contributed by atoms with van der Waals surface area (Å²) in [5.74, 6) is 0.558. The summed E-state index contributed by atoms with van der Waals surface area (Å²) < 4.78 is 10.6. The van der Waals surface area contributed by atoms with Gasteiger partial charge in [-0.05, 0) is 25.1 Å². The van der Waals surface area contributed by atoms with Gasteiger partial charge in [0.1, 0.15) is 5.75 Å². The summed E-state index contributed by atoms with van der Waals surface area (Å²) in [7, 11) is 1.64. The molecular formula is C12H15ClO3. The number of ether oxygens (including phenoxy) is 2. The van der Waals surface area contributed by atoms with Crippen molar-refractivity contribution in [3.63, 3.8) is 0 Å². The zero-order chi connectivity index (χ0) is 12.0. The van der Waals surface area contributed by atoms with E-state index in [1.54, 1.807) is 25.3 Å². The number of carbonyl (C=O) groups excluding carboxylic acids is 1. The Labute approximate surface area is 100 Å². The van der Waals surface area contributed by atoms with Crippen molar-refractivity contribution in [1.82, 2.24) is 0 Å². The first-order valence-corrected chi connectivity index (χ1v) is 5.45. The highest BCUT2D eigenvalue weighted by Gasteiger charge is 2.08. The third kappa shape index (κ3) is 3.83. The molecule has 4 heteroatoms. The summed E-state index contributed by atoms with van der Waals surface area (Å²) in [6.45, 7) is 2.56. The Morgan fingerprint density at radius 2 is 2.25 bits per heavy atom. The second-order valence-corrected chi connectivity index (χ2v) is 3.95. The summed E-state index contributed by atoms with van der Waals surface area (Å²) in [5.41, 5.74) is 0.469. The van der Waals surface area contributed by atoms with Crippen molar-refractivity contribution in [2.75, 3.05) is 13.7 Å². The lowest BCUT2D eigenvalue weighted by atomic mass is 10.2. The maximum atomic E-state index is 10.8. The molecule has 0 aliphatic rings. The highest BCUT2D eigenvalue weighted by atomic mass is 35.5. The van der Waals surface area contributed by atoms with Crippen LogP contribution in [0.25, 0.3) is 0 Å². The van der Waals surface area contributed by atoms with E-state index < -0.39 is 0 Å². The van der Waals surface area contributed by atoms with Crippen LogP contribution in [0.5, 0.6) is 5.75 Å². The van der Waals surface area contributed by atoms with Crippen LogP contribution in [0, 0.1) is 0 Å². The van der Waals surface area contributed by atoms with Crippen molar-refractivity contribution in [1.29, 1.82) is 0 Å². The fraction of sp³-hybridized carbons (Fsp3) is 0.417. The quantitative estimate of drug-likeness (QED) is 0.720. The summed E-state index contributed by atoms with van der Waals surface area (Å²) in [5, 5.41) is 0.527. The number of carbonyl (C=O) groups is 1. The van der Waals surface area contributed by atoms with Crippen LogP contribution >= 0.6 is 11.6 Å². The molecule has 0 fully saturated rings. The number of rotatable bonds is 6. The van der Waals surface area contributed by atoms with Crippen molar-refractivity contribution in [3.8, 4) is 5.75 Å². The second-order valence-electron chi connectivity index (χ2n) is 3.51. The summed E-state index contributed by atoms with van der Waals surface area (Å²) >= 11 is 5.78. The molecule has 16 heavy (non-hydrogen) atoms. The van der Waals surface area contributed by atoms with Crippen LogP contribution in [-0.2, 0) is 4.74 Å². The normalized spacial score (nSPS) is 12.2. The minimum atomic E-state index is -0.000162. The van der Waals surface area contributed by atoms with E-state index in [-0.39, 0.29) is 6.10 Å². The largest absolute Gasteiger partial charge is 0.490 e. The van der Waals surface area contributed by atoms with Gasteiger partial charge in [-0.25, -0.2) is 0 Å². The van der Waals surface area contributed by atoms with E-state index in [4.69, 9.17) is 21.1 Å². The van der Waals surface area contributed by atoms with E-state index in [1.165, 1.54) is 0 Å². The number of benzene rings is 1. The fourth-order valence-corrected chi connectivity index (χ4v) is 1.46. The maximum absolute atomic E-state index is 10.8. The standard InChI is InChI=1S/C12H15ClO3/c1-9(5-6-15-2)16-12-4-3-11(13)7-10(12)8-14/h3-4,7-9H,5-6H2,1-2H3. The van der Waals surface area contributed by atoms with E-state index in [1.807, 2.05) is 6.92 Å². The van der Waals surface area contributed by atoms with Crippen LogP contribution < -0.4 is 4.74 Å². The van der Waals surface area contributed by atoms with Gasteiger partial charge in [0, 0.05) is 25.2 Å². The van der Waals surface area contributed by atoms with Gasteiger partial charge >= 0.3 is 0 Å². The van der Waals surface area contributed by atoms with E-state index in [0.717, 1.165) is 12.7 Å². The molecule has 1 aromatic rings. The van der Waals surface area contributed by atoms with Gasteiger partial charge in [0.25, 0.3) is 0 Å². The van der Waals surface area contributed by atoms with Crippen molar-refractivity contribution in [3.05, 3.63) is 28.8 Å². The van der Waals surface area contributed by atoms with E-state index in [9.17, 15) is 4.79 Å². The summed E-state index contributed by atoms with van der Waals surface area (Å²) in [6, 6.07) is 5.00. The zero-order valence-electron chi connectivity index (χ0n) is 9.40. The Balaban J connectivity index is 2.68. The Kier molecular flexibility index (Phi) is 5.29. The molecule has 0 saturated heterocycles. The van der Waals surface area contributed by atoms with Gasteiger partial charge in [0.05, 0.1) is 11.7 Å². The summed E-state index contributed by atoms with van der Waals surface area (Å²) in [4.78, 5) is 10.8. The molecule has 3 nitrogen and oxygen atoms in total. The van der Waals surface area contributed by atoms with Crippen LogP contribution in [0.1, 0.15) is 23.7 Å². The van der Waals surface area contributed by atoms with Crippen LogP contribution in [0.4, 0.5) is 0 Å². The van der Waals surface area contributed by atoms with Gasteiger partial charge in [-0.1, -0.05) is 11.6 Å². The lowest BCUT2D eigenvalue weighted by Gasteiger charge is -2.15. The first-order chi connectivity index (χ1) is 7.67. The van der Waals surface area contributed by atoms with Crippen LogP contribution in [-0.4, -0.2) is 26.1 Å². The third-order valence-electron chi connectivity index (χ3n) is 2.16. The Morgan fingerprint density at radius 1 is 1.50 bits per heavy atom. The number of aldehydes is 1. The molecule has 0 radical (unpaired) electrons. The Morgan fingerprint density at radius 3 is 2.88 bits per heavy atom. The molecule has 0 aromatic heterocycles. The monoisotopic (exact) mass is 242 g/mol. The van der Waals surface area contributed by atoms with Crippen LogP contribution in [0.15, 0.2) is 18.2 Å². The van der Waals surface area contributed by atoms with E-state index >= 15 is 0 Å². The predicted octanol–water partition coefficient (Wildman–Crippen LogP) is 2.96. The van der Waals surface area contributed by atoms with Crippen molar-refractivity contribution >= 4 is 17.9 Å². The molecule has 1 unspecified atom stereocenters. The van der Waals surface area contributed by atoms with Gasteiger partial charge in [-0.3, -0.25) is 4.79 Å². The van der Waals surface area contributed by atoms with Crippen molar-refractivity contribution in [2.24, 2.45) is 0 Å². The van der Waals surface area contributed by atoms with Gasteiger partial charge < -0.3 is 9.47 Å². The molecule has 1 rings (SSSR count). The molecule has 0 aliphatic heterocycles. The molecule has 0 saturated carbocycles. The minimum absolute atomic E-state index is 0.000162. The Hall–Kier alpha value is -1.06. The molecule has 1 aromatic carbocycles. The molecular weight excluding hydrogens is 228 g/mol. The predicted molar refractivity (Wildman–Crippen MR) is 63.4 cm³/mol. The Bertz CT molecular complexity index is 352. The van der Waals surface area contributed by atoms with Gasteiger partial charge in [0.15, 0.2) is 6.29 Å². The fourth-order valence-electron chi connectivity index (χ4n) is 1.28. The van der Waals surface area contributed by atoms with Crippen LogP contribution in [0.2, 0.25) is 5.02 Å². The number of halogens is 1. The lowest BCUT2D eigenvalue weighted by Crippen LogP contribution is -2.15. The molecule has 0 aliphatic carbocycles. The van der Waals surface area contributed by atoms with Crippen molar-refractivity contribution < 1.29 is 14.3 Å². The van der Waals surface area contributed by atoms with Gasteiger partial charge in [-0.15, -0.1) is 0 Å². The van der Waals surface area contributed by atoms with Gasteiger partial charge in [-0.2, -0.15) is 0 Å². The smallest absolute Gasteiger partial charge is 0.153 e. The maximum Gasteiger partial charge on any atom is 0.153 e. The van der Waals surface area contributed by atoms with E-state index in [2.05, 4.69) is 0 Å². The average Bonchev–Trinajstić information content (AvgIpc) is 2.28. The molecule has 0 bridgehead atoms. The molecule has 0 N–H and O–H groups in total. The molecule has 0 spiro atoms. The first kappa shape index (κ1) is 13.0. The van der Waals surface area contributed by atoms with E-state index in [0.29, 0.717) is 22.9 Å². The highest BCUT2D eigenvalue weighted by Crippen LogP contribution is 2.22. The molecule has 1 atom stereocenters.